The maximum Gasteiger partial charge on any atom is 0.119 e. The van der Waals surface area contributed by atoms with Crippen LogP contribution in [0.15, 0.2) is 57.6 Å². The highest BCUT2D eigenvalue weighted by atomic mass is 31.1. The van der Waals surface area contributed by atoms with Gasteiger partial charge in [-0.2, -0.15) is 0 Å². The Bertz CT molecular complexity index is 607. The predicted molar refractivity (Wildman–Crippen MR) is 74.4 cm³/mol. The third-order valence-electron chi connectivity index (χ3n) is 3.92. The quantitative estimate of drug-likeness (QED) is 0.481. The van der Waals surface area contributed by atoms with E-state index in [2.05, 4.69) is 43.5 Å². The van der Waals surface area contributed by atoms with E-state index < -0.39 is 8.07 Å². The lowest BCUT2D eigenvalue weighted by molar-refractivity contribution is 1.27. The van der Waals surface area contributed by atoms with Crippen molar-refractivity contribution in [1.82, 2.24) is 0 Å². The number of hydrogen-bond donors (Lipinski definition) is 0. The molecule has 78 valence electrons. The minimum atomic E-state index is -1.03. The van der Waals surface area contributed by atoms with E-state index in [9.17, 15) is 0 Å². The van der Waals surface area contributed by atoms with Crippen LogP contribution in [0.3, 0.4) is 0 Å². The number of hydrogen-bond acceptors (Lipinski definition) is 0. The lowest BCUT2D eigenvalue weighted by Gasteiger charge is -2.09. The van der Waals surface area contributed by atoms with Crippen LogP contribution >= 0.6 is 8.20 Å². The second kappa shape index (κ2) is 2.67. The molecule has 16 heavy (non-hydrogen) atoms. The van der Waals surface area contributed by atoms with E-state index in [1.807, 2.05) is 0 Å². The summed E-state index contributed by atoms with van der Waals surface area (Å²) in [7, 11) is 0.496. The average Bonchev–Trinajstić information content (AvgIpc) is 2.79. The zero-order chi connectivity index (χ0) is 10.9. The van der Waals surface area contributed by atoms with E-state index >= 15 is 0 Å². The van der Waals surface area contributed by atoms with Crippen LogP contribution < -0.4 is 0 Å². The normalized spacial score (nSPS) is 28.4. The molecule has 2 heterocycles. The van der Waals surface area contributed by atoms with Crippen molar-refractivity contribution >= 4 is 21.2 Å². The summed E-state index contributed by atoms with van der Waals surface area (Å²) >= 11 is 0. The lowest BCUT2D eigenvalue weighted by Crippen LogP contribution is -2.06. The molecular formula is C14H13PSi. The summed E-state index contributed by atoms with van der Waals surface area (Å²) in [5, 5.41) is 3.34. The monoisotopic (exact) mass is 240 g/mol. The van der Waals surface area contributed by atoms with Gasteiger partial charge in [0.1, 0.15) is 8.07 Å². The molecule has 0 nitrogen and oxygen atoms in total. The first kappa shape index (κ1) is 9.15. The van der Waals surface area contributed by atoms with Gasteiger partial charge in [0.15, 0.2) is 0 Å². The number of allylic oxidation sites excluding steroid dienone is 10. The van der Waals surface area contributed by atoms with Gasteiger partial charge in [-0.25, -0.2) is 0 Å². The van der Waals surface area contributed by atoms with Crippen molar-refractivity contribution in [3.8, 4) is 0 Å². The van der Waals surface area contributed by atoms with E-state index in [4.69, 9.17) is 0 Å². The van der Waals surface area contributed by atoms with Crippen LogP contribution in [0, 0.1) is 0 Å². The van der Waals surface area contributed by atoms with Gasteiger partial charge in [0, 0.05) is 5.31 Å². The fourth-order valence-corrected chi connectivity index (χ4v) is 9.32. The molecule has 0 aromatic carbocycles. The fraction of sp³-hybridized carbons (Fsp3) is 0.214. The molecule has 0 saturated carbocycles. The van der Waals surface area contributed by atoms with E-state index in [1.54, 1.807) is 21.0 Å². The van der Waals surface area contributed by atoms with Crippen LogP contribution in [-0.4, -0.2) is 13.0 Å². The Hall–Kier alpha value is -0.913. The van der Waals surface area contributed by atoms with Gasteiger partial charge in [-0.05, 0) is 39.3 Å². The number of rotatable bonds is 1. The third-order valence-corrected chi connectivity index (χ3v) is 10.1. The molecule has 2 aliphatic heterocycles. The predicted octanol–water partition coefficient (Wildman–Crippen LogP) is 3.93. The Morgan fingerprint density at radius 3 is 2.81 bits per heavy atom. The maximum atomic E-state index is 2.49. The van der Waals surface area contributed by atoms with E-state index in [0.29, 0.717) is 0 Å². The molecule has 0 aromatic heterocycles. The van der Waals surface area contributed by atoms with Gasteiger partial charge < -0.3 is 0 Å². The molecule has 0 spiro atoms. The van der Waals surface area contributed by atoms with Gasteiger partial charge >= 0.3 is 0 Å². The van der Waals surface area contributed by atoms with Crippen LogP contribution in [0.25, 0.3) is 0 Å². The van der Waals surface area contributed by atoms with Crippen molar-refractivity contribution in [2.24, 2.45) is 0 Å². The van der Waals surface area contributed by atoms with Gasteiger partial charge in [-0.1, -0.05) is 45.6 Å². The summed E-state index contributed by atoms with van der Waals surface area (Å²) in [6.07, 6.45) is 12.5. The van der Waals surface area contributed by atoms with Crippen LogP contribution in [-0.2, 0) is 0 Å². The van der Waals surface area contributed by atoms with Crippen molar-refractivity contribution in [2.75, 3.05) is 0 Å². The van der Waals surface area contributed by atoms with E-state index in [0.717, 1.165) is 6.42 Å². The van der Waals surface area contributed by atoms with Crippen molar-refractivity contribution in [1.29, 1.82) is 0 Å². The van der Waals surface area contributed by atoms with Crippen molar-refractivity contribution < 1.29 is 0 Å². The zero-order valence-electron chi connectivity index (χ0n) is 9.54. The Morgan fingerprint density at radius 1 is 1.19 bits per heavy atom. The molecular weight excluding hydrogens is 227 g/mol. The molecule has 0 N–H and O–H groups in total. The summed E-state index contributed by atoms with van der Waals surface area (Å²) in [5.74, 6) is 0. The summed E-state index contributed by atoms with van der Waals surface area (Å²) < 4.78 is 0. The molecule has 2 aliphatic carbocycles. The van der Waals surface area contributed by atoms with Crippen LogP contribution in [0.2, 0.25) is 13.1 Å². The summed E-state index contributed by atoms with van der Waals surface area (Å²) in [5.41, 5.74) is 4.67. The first-order chi connectivity index (χ1) is 7.69. The second-order valence-corrected chi connectivity index (χ2v) is 11.1. The Balaban J connectivity index is 1.83. The minimum Gasteiger partial charge on any atom is -0.0801 e. The van der Waals surface area contributed by atoms with Gasteiger partial charge in [0.25, 0.3) is 0 Å². The SMILES string of the molecule is C[Si]1(C)C2=PC3=CC=C(C4=CC=CC4)C3=C21. The Kier molecular flexibility index (Phi) is 1.52. The molecule has 4 rings (SSSR count). The third kappa shape index (κ3) is 0.941. The van der Waals surface area contributed by atoms with Gasteiger partial charge in [0.2, 0.25) is 0 Å². The molecule has 0 unspecified atom stereocenters. The smallest absolute Gasteiger partial charge is 0.0801 e. The maximum absolute atomic E-state index is 2.49. The topological polar surface area (TPSA) is 0 Å². The summed E-state index contributed by atoms with van der Waals surface area (Å²) in [6, 6.07) is 0. The first-order valence-electron chi connectivity index (χ1n) is 5.83. The Morgan fingerprint density at radius 2 is 2.06 bits per heavy atom. The molecule has 0 bridgehead atoms. The molecule has 1 saturated heterocycles. The lowest BCUT2D eigenvalue weighted by atomic mass is 10.00. The Labute approximate surface area is 98.6 Å². The molecule has 1 fully saturated rings. The van der Waals surface area contributed by atoms with Crippen LogP contribution in [0.4, 0.5) is 0 Å². The summed E-state index contributed by atoms with van der Waals surface area (Å²) in [6.45, 7) is 4.98. The van der Waals surface area contributed by atoms with Gasteiger partial charge in [-0.15, -0.1) is 0 Å². The zero-order valence-corrected chi connectivity index (χ0v) is 11.4. The molecule has 0 radical (unpaired) electrons. The largest absolute Gasteiger partial charge is 0.119 e. The van der Waals surface area contributed by atoms with E-state index in [1.165, 1.54) is 19.4 Å². The average molecular weight is 240 g/mol. The highest BCUT2D eigenvalue weighted by Gasteiger charge is 2.55. The molecule has 2 heteroatoms. The highest BCUT2D eigenvalue weighted by molar-refractivity contribution is 7.66. The molecule has 4 aliphatic rings. The van der Waals surface area contributed by atoms with Gasteiger partial charge in [-0.3, -0.25) is 0 Å². The molecule has 0 atom stereocenters. The first-order valence-corrected chi connectivity index (χ1v) is 9.72. The standard InChI is InChI=1S/C14H13PSi/c1-16(2)13-12-10(9-5-3-4-6-9)7-8-11(12)15-14(13)16/h3-5,7-8H,6H2,1-2H3. The van der Waals surface area contributed by atoms with E-state index in [-0.39, 0.29) is 0 Å². The van der Waals surface area contributed by atoms with Crippen molar-refractivity contribution in [3.63, 3.8) is 0 Å². The van der Waals surface area contributed by atoms with Crippen LogP contribution in [0.5, 0.6) is 0 Å². The van der Waals surface area contributed by atoms with Gasteiger partial charge in [0.05, 0.1) is 0 Å². The van der Waals surface area contributed by atoms with Crippen molar-refractivity contribution in [3.05, 3.63) is 57.6 Å². The highest BCUT2D eigenvalue weighted by Crippen LogP contribution is 2.58. The molecule has 0 amide bonds. The fourth-order valence-electron chi connectivity index (χ4n) is 2.93. The number of fused-ring (bicyclic) bond motifs is 2. The minimum absolute atomic E-state index is 1.03. The van der Waals surface area contributed by atoms with Crippen molar-refractivity contribution in [2.45, 2.75) is 19.5 Å². The molecule has 0 aromatic rings. The summed E-state index contributed by atoms with van der Waals surface area (Å²) in [4.78, 5) is 1.80. The second-order valence-electron chi connectivity index (χ2n) is 5.29. The van der Waals surface area contributed by atoms with Crippen LogP contribution in [0.1, 0.15) is 6.42 Å².